The third-order valence-corrected chi connectivity index (χ3v) is 2.91. The van der Waals surface area contributed by atoms with Crippen molar-refractivity contribution in [2.75, 3.05) is 0 Å². The number of rotatable bonds is 2. The zero-order chi connectivity index (χ0) is 10.9. The molecule has 1 aromatic carbocycles. The van der Waals surface area contributed by atoms with Gasteiger partial charge in [0.1, 0.15) is 11.5 Å². The van der Waals surface area contributed by atoms with E-state index in [1.54, 1.807) is 0 Å². The predicted molar refractivity (Wildman–Crippen MR) is 52.1 cm³/mol. The van der Waals surface area contributed by atoms with Crippen molar-refractivity contribution >= 4 is 19.2 Å². The lowest BCUT2D eigenvalue weighted by Gasteiger charge is -2.14. The molecule has 1 atom stereocenters. The van der Waals surface area contributed by atoms with Gasteiger partial charge >= 0.3 is 7.60 Å². The van der Waals surface area contributed by atoms with Gasteiger partial charge in [-0.3, -0.25) is 4.57 Å². The number of nitrogens with two attached hydrogens (primary N) is 1. The smallest absolute Gasteiger partial charge is 0.346 e. The van der Waals surface area contributed by atoms with E-state index in [9.17, 15) is 9.67 Å². The molecule has 0 spiro atoms. The van der Waals surface area contributed by atoms with Gasteiger partial charge in [-0.2, -0.15) is 0 Å². The van der Waals surface area contributed by atoms with Crippen LogP contribution in [0.5, 0.6) is 5.75 Å². The number of phenolic OH excluding ortho intramolecular Hbond substituents is 1. The maximum Gasteiger partial charge on any atom is 0.346 e. The van der Waals surface area contributed by atoms with Crippen LogP contribution < -0.4 is 5.73 Å². The summed E-state index contributed by atoms with van der Waals surface area (Å²) in [6.07, 6.45) is 0. The molecule has 0 aliphatic carbocycles. The van der Waals surface area contributed by atoms with E-state index in [1.165, 1.54) is 18.2 Å². The molecule has 5 nitrogen and oxygen atoms in total. The molecule has 78 valence electrons. The maximum atomic E-state index is 10.8. The molecule has 0 fully saturated rings. The number of benzene rings is 1. The van der Waals surface area contributed by atoms with Crippen molar-refractivity contribution in [1.29, 1.82) is 0 Å². The largest absolute Gasteiger partial charge is 0.508 e. The highest BCUT2D eigenvalue weighted by molar-refractivity contribution is 7.52. The Morgan fingerprint density at radius 1 is 1.43 bits per heavy atom. The van der Waals surface area contributed by atoms with Gasteiger partial charge in [0.05, 0.1) is 0 Å². The minimum atomic E-state index is -4.47. The molecule has 0 bridgehead atoms. The second-order valence-electron chi connectivity index (χ2n) is 2.74. The molecule has 0 saturated carbocycles. The van der Waals surface area contributed by atoms with Crippen LogP contribution in [-0.4, -0.2) is 14.9 Å². The summed E-state index contributed by atoms with van der Waals surface area (Å²) in [5, 5.41) is 9.54. The van der Waals surface area contributed by atoms with E-state index >= 15 is 0 Å². The third-order valence-electron chi connectivity index (χ3n) is 1.67. The fraction of sp³-hybridized carbons (Fsp3) is 0.143. The summed E-state index contributed by atoms with van der Waals surface area (Å²) in [5.41, 5.74) is 5.20. The highest BCUT2D eigenvalue weighted by Crippen LogP contribution is 2.50. The Kier molecular flexibility index (Phi) is 3.19. The molecule has 0 heterocycles. The van der Waals surface area contributed by atoms with Crippen LogP contribution in [0, 0.1) is 0 Å². The van der Waals surface area contributed by atoms with Crippen LogP contribution in [0.3, 0.4) is 0 Å². The van der Waals surface area contributed by atoms with Crippen molar-refractivity contribution in [2.45, 2.75) is 5.78 Å². The van der Waals surface area contributed by atoms with E-state index in [1.807, 2.05) is 0 Å². The summed E-state index contributed by atoms with van der Waals surface area (Å²) >= 11 is 5.59. The number of halogens is 1. The summed E-state index contributed by atoms with van der Waals surface area (Å²) in [6.45, 7) is 0. The van der Waals surface area contributed by atoms with Crippen molar-refractivity contribution in [3.05, 3.63) is 28.8 Å². The van der Waals surface area contributed by atoms with Crippen molar-refractivity contribution in [3.8, 4) is 5.75 Å². The Morgan fingerprint density at radius 2 is 2.00 bits per heavy atom. The first kappa shape index (κ1) is 11.5. The Labute approximate surface area is 85.3 Å². The van der Waals surface area contributed by atoms with E-state index in [-0.39, 0.29) is 16.3 Å². The van der Waals surface area contributed by atoms with Gasteiger partial charge in [-0.15, -0.1) is 0 Å². The van der Waals surface area contributed by atoms with Crippen LogP contribution in [0.4, 0.5) is 0 Å². The highest BCUT2D eigenvalue weighted by atomic mass is 35.5. The van der Waals surface area contributed by atoms with Crippen LogP contribution in [0.1, 0.15) is 11.3 Å². The summed E-state index contributed by atoms with van der Waals surface area (Å²) in [5.74, 6) is -1.84. The van der Waals surface area contributed by atoms with E-state index in [0.717, 1.165) is 0 Å². The van der Waals surface area contributed by atoms with Crippen LogP contribution in [0.25, 0.3) is 0 Å². The fourth-order valence-corrected chi connectivity index (χ4v) is 1.69. The van der Waals surface area contributed by atoms with Gasteiger partial charge in [0.2, 0.25) is 0 Å². The predicted octanol–water partition coefficient (Wildman–Crippen LogP) is 1.18. The molecule has 1 aromatic rings. The summed E-state index contributed by atoms with van der Waals surface area (Å²) < 4.78 is 10.8. The molecule has 1 rings (SSSR count). The molecule has 0 aliphatic heterocycles. The molecule has 5 N–H and O–H groups in total. The Bertz CT molecular complexity index is 391. The molecule has 7 heteroatoms. The van der Waals surface area contributed by atoms with Gasteiger partial charge in [0.25, 0.3) is 0 Å². The number of hydrogen-bond donors (Lipinski definition) is 4. The van der Waals surface area contributed by atoms with Gasteiger partial charge in [0, 0.05) is 10.6 Å². The topological polar surface area (TPSA) is 104 Å². The normalized spacial score (nSPS) is 14.0. The van der Waals surface area contributed by atoms with E-state index in [0.29, 0.717) is 0 Å². The lowest BCUT2D eigenvalue weighted by molar-refractivity contribution is 0.357. The SMILES string of the molecule is NC(c1cc(Cl)ccc1O)P(=O)(O)O. The standard InChI is InChI=1S/C7H9ClNO4P/c8-4-1-2-6(10)5(3-4)7(9)14(11,12)13/h1-3,7,10H,9H2,(H2,11,12,13). The molecule has 1 unspecified atom stereocenters. The van der Waals surface area contributed by atoms with E-state index in [4.69, 9.17) is 27.1 Å². The quantitative estimate of drug-likeness (QED) is 0.578. The lowest BCUT2D eigenvalue weighted by atomic mass is 10.2. The van der Waals surface area contributed by atoms with Gasteiger partial charge in [-0.25, -0.2) is 0 Å². The lowest BCUT2D eigenvalue weighted by Crippen LogP contribution is -2.10. The van der Waals surface area contributed by atoms with Crippen LogP contribution >= 0.6 is 19.2 Å². The zero-order valence-electron chi connectivity index (χ0n) is 6.96. The number of phenols is 1. The molecular weight excluding hydrogens is 229 g/mol. The molecule has 0 amide bonds. The molecule has 0 saturated heterocycles. The Morgan fingerprint density at radius 3 is 2.50 bits per heavy atom. The molecule has 14 heavy (non-hydrogen) atoms. The molecule has 0 aromatic heterocycles. The average molecular weight is 238 g/mol. The second-order valence-corrected chi connectivity index (χ2v) is 4.91. The first-order chi connectivity index (χ1) is 6.32. The summed E-state index contributed by atoms with van der Waals surface area (Å²) in [6, 6.07) is 3.85. The van der Waals surface area contributed by atoms with Gasteiger partial charge in [0.15, 0.2) is 0 Å². The maximum absolute atomic E-state index is 10.8. The number of hydrogen-bond acceptors (Lipinski definition) is 3. The number of aromatic hydroxyl groups is 1. The molecular formula is C7H9ClNO4P. The fourth-order valence-electron chi connectivity index (χ4n) is 0.943. The summed E-state index contributed by atoms with van der Waals surface area (Å²) in [4.78, 5) is 17.6. The molecule has 0 aliphatic rings. The van der Waals surface area contributed by atoms with Crippen LogP contribution in [0.15, 0.2) is 18.2 Å². The van der Waals surface area contributed by atoms with Crippen molar-refractivity contribution in [3.63, 3.8) is 0 Å². The first-order valence-corrected chi connectivity index (χ1v) is 5.67. The first-order valence-electron chi connectivity index (χ1n) is 3.61. The summed E-state index contributed by atoms with van der Waals surface area (Å²) in [7, 11) is -4.47. The van der Waals surface area contributed by atoms with Crippen molar-refractivity contribution in [1.82, 2.24) is 0 Å². The third kappa shape index (κ3) is 2.47. The minimum absolute atomic E-state index is 0.0640. The monoisotopic (exact) mass is 237 g/mol. The Hall–Kier alpha value is -0.580. The van der Waals surface area contributed by atoms with Gasteiger partial charge in [-0.05, 0) is 18.2 Å². The Balaban J connectivity index is 3.19. The highest BCUT2D eigenvalue weighted by Gasteiger charge is 2.28. The van der Waals surface area contributed by atoms with E-state index < -0.39 is 13.4 Å². The van der Waals surface area contributed by atoms with Crippen molar-refractivity contribution < 1.29 is 19.5 Å². The van der Waals surface area contributed by atoms with Crippen LogP contribution in [0.2, 0.25) is 5.02 Å². The van der Waals surface area contributed by atoms with Crippen LogP contribution in [-0.2, 0) is 4.57 Å². The zero-order valence-corrected chi connectivity index (χ0v) is 8.61. The van der Waals surface area contributed by atoms with Gasteiger partial charge < -0.3 is 20.6 Å². The molecule has 0 radical (unpaired) electrons. The average Bonchev–Trinajstić information content (AvgIpc) is 2.06. The van der Waals surface area contributed by atoms with Gasteiger partial charge in [-0.1, -0.05) is 11.6 Å². The van der Waals surface area contributed by atoms with E-state index in [2.05, 4.69) is 0 Å². The minimum Gasteiger partial charge on any atom is -0.508 e. The van der Waals surface area contributed by atoms with Crippen molar-refractivity contribution in [2.24, 2.45) is 5.73 Å². The second kappa shape index (κ2) is 3.88.